The van der Waals surface area contributed by atoms with E-state index in [9.17, 15) is 10.2 Å². The van der Waals surface area contributed by atoms with Crippen LogP contribution in [0.25, 0.3) is 10.9 Å². The highest BCUT2D eigenvalue weighted by Crippen LogP contribution is 2.54. The van der Waals surface area contributed by atoms with E-state index in [1.807, 2.05) is 12.1 Å². The zero-order valence-corrected chi connectivity index (χ0v) is 13.3. The highest BCUT2D eigenvalue weighted by atomic mass is 16.3. The molecular weight excluding hydrogens is 288 g/mol. The molecule has 4 aliphatic rings. The molecule has 1 aromatic heterocycles. The molecule has 2 aromatic rings. The summed E-state index contributed by atoms with van der Waals surface area (Å²) in [6, 6.07) is 6.44. The number of hydrogen-bond acceptors (Lipinski definition) is 3. The highest BCUT2D eigenvalue weighted by Gasteiger charge is 2.52. The largest absolute Gasteiger partial charge is 0.508 e. The summed E-state index contributed by atoms with van der Waals surface area (Å²) in [5.74, 6) is 1.17. The molecule has 23 heavy (non-hydrogen) atoms. The van der Waals surface area contributed by atoms with Crippen molar-refractivity contribution < 1.29 is 10.2 Å². The molecule has 3 N–H and O–H groups in total. The second-order valence-corrected chi connectivity index (χ2v) is 7.26. The molecule has 5 atom stereocenters. The van der Waals surface area contributed by atoms with Crippen LogP contribution < -0.4 is 0 Å². The van der Waals surface area contributed by atoms with E-state index in [2.05, 4.69) is 22.9 Å². The lowest BCUT2D eigenvalue weighted by molar-refractivity contribution is -0.0503. The molecule has 6 rings (SSSR count). The number of hydrogen-bond donors (Lipinski definition) is 3. The van der Waals surface area contributed by atoms with Crippen molar-refractivity contribution in [3.63, 3.8) is 0 Å². The first-order valence-corrected chi connectivity index (χ1v) is 8.56. The Kier molecular flexibility index (Phi) is 2.74. The maximum absolute atomic E-state index is 9.99. The number of rotatable bonds is 1. The molecule has 4 nitrogen and oxygen atoms in total. The molecule has 0 amide bonds. The van der Waals surface area contributed by atoms with Gasteiger partial charge in [-0.25, -0.2) is 0 Å². The molecule has 0 spiro atoms. The van der Waals surface area contributed by atoms with E-state index in [-0.39, 0.29) is 6.61 Å². The minimum atomic E-state index is 0.263. The van der Waals surface area contributed by atoms with Gasteiger partial charge >= 0.3 is 0 Å². The van der Waals surface area contributed by atoms with Crippen molar-refractivity contribution >= 4 is 10.9 Å². The first-order chi connectivity index (χ1) is 11.2. The van der Waals surface area contributed by atoms with Crippen LogP contribution in [-0.4, -0.2) is 39.3 Å². The van der Waals surface area contributed by atoms with E-state index in [4.69, 9.17) is 0 Å². The summed E-state index contributed by atoms with van der Waals surface area (Å²) in [6.07, 6.45) is 4.31. The van der Waals surface area contributed by atoms with E-state index in [0.717, 1.165) is 30.3 Å². The first-order valence-electron chi connectivity index (χ1n) is 8.56. The molecule has 5 heterocycles. The summed E-state index contributed by atoms with van der Waals surface area (Å²) in [6.45, 7) is 3.42. The second-order valence-electron chi connectivity index (χ2n) is 7.26. The van der Waals surface area contributed by atoms with Crippen LogP contribution >= 0.6 is 0 Å². The van der Waals surface area contributed by atoms with Crippen LogP contribution in [0.4, 0.5) is 0 Å². The number of phenols is 1. The Morgan fingerprint density at radius 1 is 1.39 bits per heavy atom. The van der Waals surface area contributed by atoms with Crippen LogP contribution in [0.5, 0.6) is 5.75 Å². The zero-order chi connectivity index (χ0) is 15.7. The Balaban J connectivity index is 1.68. The van der Waals surface area contributed by atoms with Crippen molar-refractivity contribution in [2.75, 3.05) is 13.2 Å². The van der Waals surface area contributed by atoms with Gasteiger partial charge in [-0.15, -0.1) is 0 Å². The minimum absolute atomic E-state index is 0.263. The van der Waals surface area contributed by atoms with Crippen molar-refractivity contribution in [2.24, 2.45) is 11.8 Å². The quantitative estimate of drug-likeness (QED) is 0.710. The van der Waals surface area contributed by atoms with Gasteiger partial charge in [-0.3, -0.25) is 4.90 Å². The summed E-state index contributed by atoms with van der Waals surface area (Å²) in [5.41, 5.74) is 5.29. The predicted molar refractivity (Wildman–Crippen MR) is 89.3 cm³/mol. The molecule has 3 saturated heterocycles. The van der Waals surface area contributed by atoms with E-state index in [0.29, 0.717) is 29.7 Å². The second kappa shape index (κ2) is 4.62. The lowest BCUT2D eigenvalue weighted by atomic mass is 9.64. The number of aliphatic hydroxyl groups excluding tert-OH is 1. The molecule has 1 aromatic carbocycles. The Morgan fingerprint density at radius 2 is 2.26 bits per heavy atom. The van der Waals surface area contributed by atoms with E-state index < -0.39 is 0 Å². The maximum Gasteiger partial charge on any atom is 0.116 e. The Morgan fingerprint density at radius 3 is 3.04 bits per heavy atom. The molecule has 2 unspecified atom stereocenters. The molecule has 4 aliphatic heterocycles. The number of aromatic amines is 1. The van der Waals surface area contributed by atoms with Gasteiger partial charge in [-0.2, -0.15) is 0 Å². The molecule has 0 radical (unpaired) electrons. The average molecular weight is 310 g/mol. The predicted octanol–water partition coefficient (Wildman–Crippen LogP) is 2.73. The standard InChI is InChI=1S/C19H22N2O2/c1-2-10-8-21-17-7-14-13-5-11(23)3-4-16(13)20-19(14)18(21)6-12(10)15(17)9-22/h2-5,12,15,17-18,20,22-23H,6-9H2,1H3/t12-,15?,17+,18+/m1/s1. The Hall–Kier alpha value is -1.78. The van der Waals surface area contributed by atoms with E-state index in [1.165, 1.54) is 16.8 Å². The van der Waals surface area contributed by atoms with Crippen molar-refractivity contribution in [1.29, 1.82) is 0 Å². The van der Waals surface area contributed by atoms with Crippen LogP contribution in [0, 0.1) is 11.8 Å². The molecule has 4 bridgehead atoms. The monoisotopic (exact) mass is 310 g/mol. The maximum atomic E-state index is 9.99. The lowest BCUT2D eigenvalue weighted by Gasteiger charge is -2.58. The smallest absolute Gasteiger partial charge is 0.116 e. The average Bonchev–Trinajstić information content (AvgIpc) is 2.92. The molecule has 120 valence electrons. The van der Waals surface area contributed by atoms with Gasteiger partial charge in [-0.1, -0.05) is 11.6 Å². The van der Waals surface area contributed by atoms with Gasteiger partial charge in [0.05, 0.1) is 6.04 Å². The van der Waals surface area contributed by atoms with Crippen LogP contribution in [0.3, 0.4) is 0 Å². The minimum Gasteiger partial charge on any atom is -0.508 e. The molecular formula is C19H22N2O2. The fourth-order valence-corrected chi connectivity index (χ4v) is 5.35. The van der Waals surface area contributed by atoms with E-state index in [1.54, 1.807) is 6.07 Å². The number of nitrogens with zero attached hydrogens (tertiary/aromatic N) is 1. The number of phenolic OH excluding ortho intramolecular Hbond substituents is 1. The summed E-state index contributed by atoms with van der Waals surface area (Å²) in [7, 11) is 0. The summed E-state index contributed by atoms with van der Waals surface area (Å²) in [5, 5.41) is 21.0. The van der Waals surface area contributed by atoms with Gasteiger partial charge in [0.1, 0.15) is 5.75 Å². The van der Waals surface area contributed by atoms with Crippen LogP contribution in [0.2, 0.25) is 0 Å². The highest BCUT2D eigenvalue weighted by molar-refractivity contribution is 5.86. The van der Waals surface area contributed by atoms with Crippen LogP contribution in [0.15, 0.2) is 29.8 Å². The third kappa shape index (κ3) is 1.68. The van der Waals surface area contributed by atoms with Gasteiger partial charge in [0.15, 0.2) is 0 Å². The lowest BCUT2D eigenvalue weighted by Crippen LogP contribution is -2.60. The first kappa shape index (κ1) is 13.6. The molecule has 0 saturated carbocycles. The number of aromatic nitrogens is 1. The van der Waals surface area contributed by atoms with Crippen molar-refractivity contribution in [2.45, 2.75) is 31.8 Å². The number of aromatic hydroxyl groups is 1. The summed E-state index contributed by atoms with van der Waals surface area (Å²) in [4.78, 5) is 6.21. The van der Waals surface area contributed by atoms with Crippen molar-refractivity contribution in [3.05, 3.63) is 41.1 Å². The molecule has 3 fully saturated rings. The number of nitrogens with one attached hydrogen (secondary N) is 1. The van der Waals surface area contributed by atoms with Crippen molar-refractivity contribution in [1.82, 2.24) is 9.88 Å². The summed E-state index contributed by atoms with van der Waals surface area (Å²) >= 11 is 0. The number of allylic oxidation sites excluding steroid dienone is 1. The van der Waals surface area contributed by atoms with Crippen LogP contribution in [-0.2, 0) is 6.42 Å². The fraction of sp³-hybridized carbons (Fsp3) is 0.474. The Labute approximate surface area is 135 Å². The summed E-state index contributed by atoms with van der Waals surface area (Å²) < 4.78 is 0. The van der Waals surface area contributed by atoms with E-state index >= 15 is 0 Å². The van der Waals surface area contributed by atoms with Gasteiger partial charge < -0.3 is 15.2 Å². The molecule has 0 aliphatic carbocycles. The number of fused-ring (bicyclic) bond motifs is 4. The van der Waals surface area contributed by atoms with Gasteiger partial charge in [0.2, 0.25) is 0 Å². The third-order valence-corrected chi connectivity index (χ3v) is 6.41. The van der Waals surface area contributed by atoms with Gasteiger partial charge in [0.25, 0.3) is 0 Å². The Bertz CT molecular complexity index is 822. The number of piperidine rings is 3. The van der Waals surface area contributed by atoms with Gasteiger partial charge in [0, 0.05) is 41.7 Å². The third-order valence-electron chi connectivity index (χ3n) is 6.41. The van der Waals surface area contributed by atoms with Crippen LogP contribution in [0.1, 0.15) is 30.6 Å². The fourth-order valence-electron chi connectivity index (χ4n) is 5.35. The molecule has 4 heteroatoms. The normalized spacial score (nSPS) is 36.6. The zero-order valence-electron chi connectivity index (χ0n) is 13.3. The number of H-pyrrole nitrogens is 1. The SMILES string of the molecule is CC=C1CN2[C@H]3C[C@H]1C(CO)[C@@H]2Cc1c3[nH]c2ccc(O)cc12. The number of aliphatic hydroxyl groups is 1. The van der Waals surface area contributed by atoms with Crippen molar-refractivity contribution in [3.8, 4) is 5.75 Å². The van der Waals surface area contributed by atoms with Gasteiger partial charge in [-0.05, 0) is 49.4 Å². The topological polar surface area (TPSA) is 59.5 Å². The number of benzene rings is 1.